The van der Waals surface area contributed by atoms with Crippen molar-refractivity contribution in [2.24, 2.45) is 5.73 Å². The topological polar surface area (TPSA) is 50.9 Å². The zero-order valence-corrected chi connectivity index (χ0v) is 17.0. The first-order valence-corrected chi connectivity index (χ1v) is 10.9. The van der Waals surface area contributed by atoms with Crippen LogP contribution in [-0.2, 0) is 12.2 Å². The van der Waals surface area contributed by atoms with Gasteiger partial charge in [-0.15, -0.1) is 22.7 Å². The number of halogens is 3. The van der Waals surface area contributed by atoms with Gasteiger partial charge in [-0.05, 0) is 30.7 Å². The molecule has 0 radical (unpaired) electrons. The van der Waals surface area contributed by atoms with Gasteiger partial charge in [0.25, 0.3) is 0 Å². The van der Waals surface area contributed by atoms with Crippen molar-refractivity contribution in [1.29, 1.82) is 0 Å². The average molecular weight is 430 g/mol. The first kappa shape index (κ1) is 18.4. The van der Waals surface area contributed by atoms with Crippen LogP contribution >= 0.6 is 45.9 Å². The first-order valence-electron chi connectivity index (χ1n) is 8.49. The van der Waals surface area contributed by atoms with Gasteiger partial charge >= 0.3 is 0 Å². The van der Waals surface area contributed by atoms with Crippen molar-refractivity contribution in [3.63, 3.8) is 0 Å². The van der Waals surface area contributed by atoms with Crippen molar-refractivity contribution < 1.29 is 4.39 Å². The summed E-state index contributed by atoms with van der Waals surface area (Å²) in [5, 5.41) is 6.08. The number of hydrogen-bond acceptors (Lipinski definition) is 5. The molecule has 26 heavy (non-hydrogen) atoms. The van der Waals surface area contributed by atoms with Gasteiger partial charge in [-0.2, -0.15) is 0 Å². The van der Waals surface area contributed by atoms with Crippen molar-refractivity contribution >= 4 is 61.8 Å². The van der Waals surface area contributed by atoms with E-state index in [9.17, 15) is 0 Å². The molecule has 1 aliphatic carbocycles. The maximum absolute atomic E-state index is 15.8. The molecule has 4 rings (SSSR count). The third kappa shape index (κ3) is 3.22. The Morgan fingerprint density at radius 2 is 2.23 bits per heavy atom. The van der Waals surface area contributed by atoms with Gasteiger partial charge in [0.15, 0.2) is 5.67 Å². The van der Waals surface area contributed by atoms with Crippen molar-refractivity contribution in [1.82, 2.24) is 4.98 Å². The van der Waals surface area contributed by atoms with Crippen LogP contribution in [-0.4, -0.2) is 11.0 Å². The molecule has 2 atom stereocenters. The number of anilines is 1. The van der Waals surface area contributed by atoms with E-state index in [-0.39, 0.29) is 0 Å². The van der Waals surface area contributed by atoms with Gasteiger partial charge in [0.1, 0.15) is 10.7 Å². The normalized spacial score (nSPS) is 23.5. The minimum atomic E-state index is -1.60. The van der Waals surface area contributed by atoms with E-state index in [2.05, 4.69) is 16.4 Å². The second kappa shape index (κ2) is 7.24. The smallest absolute Gasteiger partial charge is 0.161 e. The highest BCUT2D eigenvalue weighted by Crippen LogP contribution is 2.50. The molecule has 0 aromatic carbocycles. The fourth-order valence-corrected chi connectivity index (χ4v) is 6.05. The van der Waals surface area contributed by atoms with Crippen LogP contribution in [0.4, 0.5) is 10.1 Å². The van der Waals surface area contributed by atoms with Crippen LogP contribution in [0.2, 0.25) is 10.2 Å². The predicted molar refractivity (Wildman–Crippen MR) is 111 cm³/mol. The van der Waals surface area contributed by atoms with E-state index in [0.29, 0.717) is 40.0 Å². The zero-order chi connectivity index (χ0) is 18.3. The minimum Gasteiger partial charge on any atom is -0.379 e. The number of fused-ring (bicyclic) bond motifs is 1. The van der Waals surface area contributed by atoms with Gasteiger partial charge in [0.2, 0.25) is 0 Å². The van der Waals surface area contributed by atoms with E-state index >= 15 is 4.39 Å². The summed E-state index contributed by atoms with van der Waals surface area (Å²) >= 11 is 15.8. The zero-order valence-electron chi connectivity index (χ0n) is 13.9. The standard InChI is InChI=1S/C18H18Cl2FN3S2/c19-13-8-11(23-9-10-4-3-7-25-10)16-15(24-13)14(20)17(26-16)18(21)6-2-1-5-12(18)22/h3-4,7-8,12H,1-2,5-6,9,22H2,(H,23,24)/t12-,18+/m0/s1. The summed E-state index contributed by atoms with van der Waals surface area (Å²) in [4.78, 5) is 6.03. The van der Waals surface area contributed by atoms with E-state index in [1.165, 1.54) is 16.2 Å². The molecule has 1 aliphatic rings. The van der Waals surface area contributed by atoms with Crippen LogP contribution in [0.5, 0.6) is 0 Å². The molecule has 0 unspecified atom stereocenters. The van der Waals surface area contributed by atoms with Crippen molar-refractivity contribution in [3.8, 4) is 0 Å². The van der Waals surface area contributed by atoms with Gasteiger partial charge in [0, 0.05) is 23.5 Å². The van der Waals surface area contributed by atoms with Crippen LogP contribution in [0.1, 0.15) is 35.4 Å². The van der Waals surface area contributed by atoms with Gasteiger partial charge in [-0.25, -0.2) is 9.37 Å². The molecule has 0 spiro atoms. The molecule has 0 saturated heterocycles. The molecule has 138 valence electrons. The van der Waals surface area contributed by atoms with Crippen molar-refractivity contribution in [2.75, 3.05) is 5.32 Å². The lowest BCUT2D eigenvalue weighted by Crippen LogP contribution is -2.44. The number of nitrogens with one attached hydrogen (secondary N) is 1. The molecule has 3 aromatic rings. The van der Waals surface area contributed by atoms with Crippen molar-refractivity contribution in [3.05, 3.63) is 43.5 Å². The number of alkyl halides is 1. The number of aromatic nitrogens is 1. The molecule has 0 aliphatic heterocycles. The molecule has 1 fully saturated rings. The summed E-state index contributed by atoms with van der Waals surface area (Å²) < 4.78 is 16.6. The maximum atomic E-state index is 15.8. The lowest BCUT2D eigenvalue weighted by Gasteiger charge is -2.34. The molecule has 1 saturated carbocycles. The van der Waals surface area contributed by atoms with Crippen LogP contribution in [0, 0.1) is 0 Å². The summed E-state index contributed by atoms with van der Waals surface area (Å²) in [5.74, 6) is 0. The number of rotatable bonds is 4. The quantitative estimate of drug-likeness (QED) is 0.475. The third-order valence-corrected chi connectivity index (χ3v) is 7.77. The highest BCUT2D eigenvalue weighted by Gasteiger charge is 2.44. The highest BCUT2D eigenvalue weighted by molar-refractivity contribution is 7.20. The van der Waals surface area contributed by atoms with Gasteiger partial charge in [0.05, 0.1) is 20.3 Å². The molecular weight excluding hydrogens is 412 g/mol. The lowest BCUT2D eigenvalue weighted by molar-refractivity contribution is 0.0837. The Morgan fingerprint density at radius 3 is 2.96 bits per heavy atom. The molecule has 8 heteroatoms. The summed E-state index contributed by atoms with van der Waals surface area (Å²) in [6.07, 6.45) is 2.82. The van der Waals surface area contributed by atoms with E-state index in [4.69, 9.17) is 28.9 Å². The SMILES string of the molecule is N[C@H]1CCCC[C@]1(F)c1sc2c(NCc3cccs3)cc(Cl)nc2c1Cl. The molecule has 3 N–H and O–H groups in total. The molecule has 0 bridgehead atoms. The largest absolute Gasteiger partial charge is 0.379 e. The van der Waals surface area contributed by atoms with Crippen LogP contribution in [0.15, 0.2) is 23.6 Å². The van der Waals surface area contributed by atoms with Crippen molar-refractivity contribution in [2.45, 2.75) is 43.9 Å². The Kier molecular flexibility index (Phi) is 5.14. The maximum Gasteiger partial charge on any atom is 0.161 e. The Hall–Kier alpha value is -0.920. The fourth-order valence-electron chi connectivity index (χ4n) is 3.45. The summed E-state index contributed by atoms with van der Waals surface area (Å²) in [6.45, 7) is 0.665. The second-order valence-electron chi connectivity index (χ2n) is 6.56. The fraction of sp³-hybridized carbons (Fsp3) is 0.389. The van der Waals surface area contributed by atoms with E-state index in [1.807, 2.05) is 11.4 Å². The number of hydrogen-bond donors (Lipinski definition) is 2. The third-order valence-electron chi connectivity index (χ3n) is 4.86. The Morgan fingerprint density at radius 1 is 1.38 bits per heavy atom. The van der Waals surface area contributed by atoms with Crippen LogP contribution in [0.25, 0.3) is 10.2 Å². The van der Waals surface area contributed by atoms with Crippen LogP contribution < -0.4 is 11.1 Å². The molecule has 3 nitrogen and oxygen atoms in total. The van der Waals surface area contributed by atoms with E-state index in [0.717, 1.165) is 23.2 Å². The monoisotopic (exact) mass is 429 g/mol. The molecule has 3 heterocycles. The Balaban J connectivity index is 1.77. The highest BCUT2D eigenvalue weighted by atomic mass is 35.5. The Bertz CT molecular complexity index is 928. The first-order chi connectivity index (χ1) is 12.5. The number of thiophene rings is 2. The average Bonchev–Trinajstić information content (AvgIpc) is 3.24. The molecular formula is C18H18Cl2FN3S2. The molecule has 3 aromatic heterocycles. The van der Waals surface area contributed by atoms with Crippen LogP contribution in [0.3, 0.4) is 0 Å². The number of pyridine rings is 1. The predicted octanol–water partition coefficient (Wildman–Crippen LogP) is 6.34. The lowest BCUT2D eigenvalue weighted by atomic mass is 9.81. The number of nitrogens with zero attached hydrogens (tertiary/aromatic N) is 1. The van der Waals surface area contributed by atoms with Gasteiger partial charge in [-0.1, -0.05) is 35.7 Å². The summed E-state index contributed by atoms with van der Waals surface area (Å²) in [5.41, 5.74) is 5.90. The van der Waals surface area contributed by atoms with E-state index in [1.54, 1.807) is 17.4 Å². The number of nitrogens with two attached hydrogens (primary N) is 1. The van der Waals surface area contributed by atoms with Gasteiger partial charge < -0.3 is 11.1 Å². The second-order valence-corrected chi connectivity index (χ2v) is 9.38. The Labute approximate surface area is 169 Å². The summed E-state index contributed by atoms with van der Waals surface area (Å²) in [6, 6.07) is 5.29. The summed E-state index contributed by atoms with van der Waals surface area (Å²) in [7, 11) is 0. The minimum absolute atomic E-state index is 0.332. The van der Waals surface area contributed by atoms with Gasteiger partial charge in [-0.3, -0.25) is 0 Å². The van der Waals surface area contributed by atoms with E-state index < -0.39 is 11.7 Å². The molecule has 0 amide bonds.